The number of nitro benzene ring substituents is 1. The van der Waals surface area contributed by atoms with E-state index in [2.05, 4.69) is 0 Å². The molecule has 144 valence electrons. The molecule has 9 heteroatoms. The summed E-state index contributed by atoms with van der Waals surface area (Å²) in [4.78, 5) is 23.8. The molecule has 0 saturated carbocycles. The van der Waals surface area contributed by atoms with Crippen molar-refractivity contribution in [3.63, 3.8) is 0 Å². The smallest absolute Gasteiger partial charge is 0.269 e. The van der Waals surface area contributed by atoms with Crippen LogP contribution in [0.3, 0.4) is 0 Å². The lowest BCUT2D eigenvalue weighted by Gasteiger charge is -2.26. The van der Waals surface area contributed by atoms with Crippen LogP contribution in [0.2, 0.25) is 0 Å². The molecule has 0 aromatic heterocycles. The molecule has 1 aromatic carbocycles. The van der Waals surface area contributed by atoms with E-state index in [0.717, 1.165) is 44.5 Å². The Labute approximate surface area is 152 Å². The summed E-state index contributed by atoms with van der Waals surface area (Å²) in [5.41, 5.74) is -0.194. The summed E-state index contributed by atoms with van der Waals surface area (Å²) in [6, 6.07) is 4.58. The summed E-state index contributed by atoms with van der Waals surface area (Å²) in [5, 5.41) is 20.6. The van der Waals surface area contributed by atoms with Crippen molar-refractivity contribution in [3.8, 4) is 0 Å². The molecule has 1 aliphatic heterocycles. The van der Waals surface area contributed by atoms with Crippen molar-refractivity contribution in [2.45, 2.75) is 49.5 Å². The van der Waals surface area contributed by atoms with Gasteiger partial charge in [-0.3, -0.25) is 14.9 Å². The molecule has 0 bridgehead atoms. The number of nitrogens with zero attached hydrogens (tertiary/aromatic N) is 2. The molecular formula is C17H24N2O6S. The lowest BCUT2D eigenvalue weighted by atomic mass is 10.1. The molecule has 26 heavy (non-hydrogen) atoms. The van der Waals surface area contributed by atoms with Gasteiger partial charge in [-0.1, -0.05) is 0 Å². The van der Waals surface area contributed by atoms with Crippen LogP contribution >= 0.6 is 0 Å². The van der Waals surface area contributed by atoms with Gasteiger partial charge in [0.05, 0.1) is 21.7 Å². The third-order valence-electron chi connectivity index (χ3n) is 4.46. The van der Waals surface area contributed by atoms with Gasteiger partial charge in [-0.2, -0.15) is 0 Å². The third-order valence-corrected chi connectivity index (χ3v) is 6.27. The van der Waals surface area contributed by atoms with Crippen LogP contribution in [-0.4, -0.2) is 54.2 Å². The van der Waals surface area contributed by atoms with Crippen LogP contribution < -0.4 is 0 Å². The van der Waals surface area contributed by atoms with Gasteiger partial charge in [0.2, 0.25) is 5.91 Å². The topological polar surface area (TPSA) is 118 Å². The standard InChI is InChI=1S/C17H24N2O6S/c20-15(5-4-6-17(21)18-11-2-1-3-12-18)13-26(24,25)16-9-7-14(8-10-16)19(22)23/h7-10,15,20H,1-6,11-13H2. The number of carbonyl (C=O) groups is 1. The van der Waals surface area contributed by atoms with Crippen molar-refractivity contribution in [2.75, 3.05) is 18.8 Å². The highest BCUT2D eigenvalue weighted by Gasteiger charge is 2.22. The highest BCUT2D eigenvalue weighted by atomic mass is 32.2. The fourth-order valence-corrected chi connectivity index (χ4v) is 4.41. The van der Waals surface area contributed by atoms with Crippen LogP contribution in [0.15, 0.2) is 29.2 Å². The van der Waals surface area contributed by atoms with Crippen molar-refractivity contribution in [3.05, 3.63) is 34.4 Å². The Bertz CT molecular complexity index is 726. The van der Waals surface area contributed by atoms with Crippen molar-refractivity contribution < 1.29 is 23.2 Å². The van der Waals surface area contributed by atoms with E-state index in [9.17, 15) is 28.4 Å². The number of likely N-dealkylation sites (tertiary alicyclic amines) is 1. The average molecular weight is 384 g/mol. The number of aliphatic hydroxyl groups excluding tert-OH is 1. The number of amides is 1. The van der Waals surface area contributed by atoms with Gasteiger partial charge in [-0.25, -0.2) is 8.42 Å². The highest BCUT2D eigenvalue weighted by molar-refractivity contribution is 7.91. The van der Waals surface area contributed by atoms with Gasteiger partial charge in [0, 0.05) is 31.6 Å². The quantitative estimate of drug-likeness (QED) is 0.540. The van der Waals surface area contributed by atoms with Gasteiger partial charge >= 0.3 is 0 Å². The van der Waals surface area contributed by atoms with Crippen LogP contribution in [-0.2, 0) is 14.6 Å². The zero-order valence-electron chi connectivity index (χ0n) is 14.5. The maximum Gasteiger partial charge on any atom is 0.269 e. The third kappa shape index (κ3) is 5.77. The minimum Gasteiger partial charge on any atom is -0.392 e. The van der Waals surface area contributed by atoms with Crippen molar-refractivity contribution in [1.82, 2.24) is 4.90 Å². The number of non-ortho nitro benzene ring substituents is 1. The van der Waals surface area contributed by atoms with Gasteiger partial charge in [0.25, 0.3) is 5.69 Å². The lowest BCUT2D eigenvalue weighted by Crippen LogP contribution is -2.35. The second-order valence-corrected chi connectivity index (χ2v) is 8.55. The van der Waals surface area contributed by atoms with Crippen molar-refractivity contribution in [2.24, 2.45) is 0 Å². The van der Waals surface area contributed by atoms with Crippen LogP contribution in [0.5, 0.6) is 0 Å². The van der Waals surface area contributed by atoms with Crippen molar-refractivity contribution in [1.29, 1.82) is 0 Å². The van der Waals surface area contributed by atoms with Gasteiger partial charge < -0.3 is 10.0 Å². The number of hydrogen-bond donors (Lipinski definition) is 1. The first-order valence-electron chi connectivity index (χ1n) is 8.72. The van der Waals surface area contributed by atoms with Crippen LogP contribution in [0.1, 0.15) is 38.5 Å². The van der Waals surface area contributed by atoms with Crippen LogP contribution in [0.25, 0.3) is 0 Å². The molecule has 1 aromatic rings. The highest BCUT2D eigenvalue weighted by Crippen LogP contribution is 2.19. The van der Waals surface area contributed by atoms with E-state index in [4.69, 9.17) is 0 Å². The first kappa shape index (κ1) is 20.3. The predicted molar refractivity (Wildman–Crippen MR) is 95.4 cm³/mol. The maximum absolute atomic E-state index is 12.3. The molecular weight excluding hydrogens is 360 g/mol. The van der Waals surface area contributed by atoms with E-state index in [1.54, 1.807) is 0 Å². The molecule has 1 heterocycles. The maximum atomic E-state index is 12.3. The van der Waals surface area contributed by atoms with Gasteiger partial charge in [-0.05, 0) is 44.2 Å². The molecule has 1 aliphatic rings. The molecule has 1 fully saturated rings. The van der Waals surface area contributed by atoms with Crippen LogP contribution in [0.4, 0.5) is 5.69 Å². The van der Waals surface area contributed by atoms with E-state index in [0.29, 0.717) is 12.8 Å². The Morgan fingerprint density at radius 2 is 1.81 bits per heavy atom. The summed E-state index contributed by atoms with van der Waals surface area (Å²) in [7, 11) is -3.74. The van der Waals surface area contributed by atoms with E-state index in [1.165, 1.54) is 12.1 Å². The largest absolute Gasteiger partial charge is 0.392 e. The molecule has 1 saturated heterocycles. The second-order valence-electron chi connectivity index (χ2n) is 6.52. The Morgan fingerprint density at radius 3 is 2.38 bits per heavy atom. The van der Waals surface area contributed by atoms with E-state index in [1.807, 2.05) is 4.90 Å². The summed E-state index contributed by atoms with van der Waals surface area (Å²) >= 11 is 0. The summed E-state index contributed by atoms with van der Waals surface area (Å²) in [6.45, 7) is 1.55. The lowest BCUT2D eigenvalue weighted by molar-refractivity contribution is -0.384. The SMILES string of the molecule is O=C(CCCC(O)CS(=O)(=O)c1ccc([N+](=O)[O-])cc1)N1CCCCC1. The van der Waals surface area contributed by atoms with Gasteiger partial charge in [0.1, 0.15) is 0 Å². The zero-order chi connectivity index (χ0) is 19.2. The van der Waals surface area contributed by atoms with E-state index >= 15 is 0 Å². The molecule has 0 radical (unpaired) electrons. The number of carbonyl (C=O) groups excluding carboxylic acids is 1. The fraction of sp³-hybridized carbons (Fsp3) is 0.588. The summed E-state index contributed by atoms with van der Waals surface area (Å²) < 4.78 is 24.5. The number of aliphatic hydroxyl groups is 1. The monoisotopic (exact) mass is 384 g/mol. The summed E-state index contributed by atoms with van der Waals surface area (Å²) in [5.74, 6) is -0.418. The number of nitro groups is 1. The van der Waals surface area contributed by atoms with Gasteiger partial charge in [-0.15, -0.1) is 0 Å². The molecule has 1 amide bonds. The molecule has 0 spiro atoms. The number of piperidine rings is 1. The molecule has 1 unspecified atom stereocenters. The van der Waals surface area contributed by atoms with E-state index in [-0.39, 0.29) is 22.9 Å². The molecule has 8 nitrogen and oxygen atoms in total. The number of sulfone groups is 1. The molecule has 2 rings (SSSR count). The van der Waals surface area contributed by atoms with Crippen LogP contribution in [0, 0.1) is 10.1 Å². The Hall–Kier alpha value is -2.00. The number of benzene rings is 1. The predicted octanol–water partition coefficient (Wildman–Crippen LogP) is 1.91. The number of hydrogen-bond acceptors (Lipinski definition) is 6. The normalized spacial score (nSPS) is 16.3. The minimum atomic E-state index is -3.74. The fourth-order valence-electron chi connectivity index (χ4n) is 3.00. The molecule has 0 aliphatic carbocycles. The minimum absolute atomic E-state index is 0.0510. The van der Waals surface area contributed by atoms with Gasteiger partial charge in [0.15, 0.2) is 9.84 Å². The first-order valence-corrected chi connectivity index (χ1v) is 10.4. The molecule has 1 N–H and O–H groups in total. The molecule has 1 atom stereocenters. The summed E-state index contributed by atoms with van der Waals surface area (Å²) in [6.07, 6.45) is 3.03. The number of rotatable bonds is 8. The zero-order valence-corrected chi connectivity index (χ0v) is 15.4. The first-order chi connectivity index (χ1) is 12.3. The van der Waals surface area contributed by atoms with Crippen molar-refractivity contribution >= 4 is 21.4 Å². The average Bonchev–Trinajstić information content (AvgIpc) is 2.62. The Morgan fingerprint density at radius 1 is 1.19 bits per heavy atom. The second kappa shape index (κ2) is 9.09. The van der Waals surface area contributed by atoms with E-state index < -0.39 is 26.6 Å². The Balaban J connectivity index is 1.81. The Kier molecular flexibility index (Phi) is 7.10.